The van der Waals surface area contributed by atoms with E-state index in [1.165, 1.54) is 0 Å². The molecule has 1 nitrogen and oxygen atoms in total. The van der Waals surface area contributed by atoms with E-state index in [1.54, 1.807) is 0 Å². The van der Waals surface area contributed by atoms with Gasteiger partial charge in [0.15, 0.2) is 8.32 Å². The maximum Gasteiger partial charge on any atom is 0.194 e. The summed E-state index contributed by atoms with van der Waals surface area (Å²) in [6.07, 6.45) is 0. The molecular weight excluding hydrogens is 248 g/mol. The van der Waals surface area contributed by atoms with Gasteiger partial charge < -0.3 is 4.43 Å². The molecule has 0 heterocycles. The predicted octanol–water partition coefficient (Wildman–Crippen LogP) is 4.84. The average Bonchev–Trinajstić information content (AvgIpc) is 2.25. The molecule has 1 rings (SSSR count). The maximum atomic E-state index is 6.38. The van der Waals surface area contributed by atoms with Crippen molar-refractivity contribution < 1.29 is 4.43 Å². The number of hydrogen-bond acceptors (Lipinski definition) is 1. The van der Waals surface area contributed by atoms with Crippen LogP contribution in [0.4, 0.5) is 0 Å². The highest BCUT2D eigenvalue weighted by Gasteiger charge is 2.40. The molecule has 0 amide bonds. The fraction of sp³-hybridized carbons (Fsp3) is 0.529. The van der Waals surface area contributed by atoms with Gasteiger partial charge in [-0.25, -0.2) is 0 Å². The van der Waals surface area contributed by atoms with Gasteiger partial charge in [0.1, 0.15) is 5.60 Å². The lowest BCUT2D eigenvalue weighted by Crippen LogP contribution is -2.47. The largest absolute Gasteiger partial charge is 0.401 e. The van der Waals surface area contributed by atoms with E-state index in [0.29, 0.717) is 0 Å². The fourth-order valence-corrected chi connectivity index (χ4v) is 3.19. The highest BCUT2D eigenvalue weighted by Crippen LogP contribution is 2.38. The van der Waals surface area contributed by atoms with Gasteiger partial charge in [0.25, 0.3) is 0 Å². The smallest absolute Gasteiger partial charge is 0.194 e. The van der Waals surface area contributed by atoms with Crippen LogP contribution in [0.25, 0.3) is 0 Å². The van der Waals surface area contributed by atoms with Crippen LogP contribution in [0.2, 0.25) is 18.1 Å². The molecule has 0 radical (unpaired) electrons. The normalized spacial score (nSPS) is 12.8. The quantitative estimate of drug-likeness (QED) is 0.554. The lowest BCUT2D eigenvalue weighted by molar-refractivity contribution is 0.151. The van der Waals surface area contributed by atoms with Crippen molar-refractivity contribution in [2.24, 2.45) is 0 Å². The Kier molecular flexibility index (Phi) is 4.66. The molecule has 0 atom stereocenters. The van der Waals surface area contributed by atoms with Crippen LogP contribution in [0, 0.1) is 11.8 Å². The first kappa shape index (κ1) is 16.0. The molecule has 0 saturated carbocycles. The Bertz CT molecular complexity index is 469. The molecule has 104 valence electrons. The summed E-state index contributed by atoms with van der Waals surface area (Å²) < 4.78 is 6.38. The van der Waals surface area contributed by atoms with Gasteiger partial charge >= 0.3 is 0 Å². The van der Waals surface area contributed by atoms with Gasteiger partial charge in [-0.3, -0.25) is 0 Å². The molecule has 19 heavy (non-hydrogen) atoms. The van der Waals surface area contributed by atoms with Crippen molar-refractivity contribution in [3.05, 3.63) is 35.9 Å². The molecule has 0 aliphatic carbocycles. The minimum absolute atomic E-state index is 0.207. The SMILES string of the molecule is CC(C)(C#Cc1ccccc1)O[Si](C)(C)C(C)(C)C. The Labute approximate surface area is 119 Å². The van der Waals surface area contributed by atoms with E-state index < -0.39 is 13.9 Å². The van der Waals surface area contributed by atoms with Crippen molar-refractivity contribution in [2.45, 2.75) is 58.4 Å². The van der Waals surface area contributed by atoms with Gasteiger partial charge in [-0.05, 0) is 44.1 Å². The van der Waals surface area contributed by atoms with Crippen molar-refractivity contribution in [1.82, 2.24) is 0 Å². The molecule has 0 bridgehead atoms. The molecule has 2 heteroatoms. The summed E-state index contributed by atoms with van der Waals surface area (Å²) in [6, 6.07) is 10.1. The zero-order valence-electron chi connectivity index (χ0n) is 13.3. The first-order valence-corrected chi connectivity index (χ1v) is 9.73. The molecular formula is C17H26OSi. The summed E-state index contributed by atoms with van der Waals surface area (Å²) in [4.78, 5) is 0. The van der Waals surface area contributed by atoms with E-state index in [-0.39, 0.29) is 5.04 Å². The third kappa shape index (κ3) is 4.85. The zero-order chi connectivity index (χ0) is 14.7. The van der Waals surface area contributed by atoms with Gasteiger partial charge in [-0.2, -0.15) is 0 Å². The third-order valence-electron chi connectivity index (χ3n) is 3.60. The van der Waals surface area contributed by atoms with E-state index in [4.69, 9.17) is 4.43 Å². The molecule has 0 aliphatic rings. The molecule has 1 aromatic carbocycles. The summed E-state index contributed by atoms with van der Waals surface area (Å²) in [5, 5.41) is 0.207. The van der Waals surface area contributed by atoms with E-state index in [1.807, 2.05) is 30.3 Å². The maximum absolute atomic E-state index is 6.38. The Morgan fingerprint density at radius 3 is 1.95 bits per heavy atom. The van der Waals surface area contributed by atoms with Gasteiger partial charge in [-0.1, -0.05) is 50.8 Å². The van der Waals surface area contributed by atoms with Crippen LogP contribution in [-0.2, 0) is 4.43 Å². The summed E-state index contributed by atoms with van der Waals surface area (Å²) in [5.74, 6) is 6.47. The van der Waals surface area contributed by atoms with Crippen LogP contribution in [0.3, 0.4) is 0 Å². The van der Waals surface area contributed by atoms with Crippen molar-refractivity contribution in [3.8, 4) is 11.8 Å². The van der Waals surface area contributed by atoms with Crippen LogP contribution in [-0.4, -0.2) is 13.9 Å². The van der Waals surface area contributed by atoms with Gasteiger partial charge in [0.2, 0.25) is 0 Å². The Hall–Kier alpha value is -1.04. The van der Waals surface area contributed by atoms with Crippen LogP contribution < -0.4 is 0 Å². The standard InChI is InChI=1S/C17H26OSi/c1-16(2,3)19(6,7)18-17(4,5)14-13-15-11-9-8-10-12-15/h8-12H,1-7H3. The summed E-state index contributed by atoms with van der Waals surface area (Å²) in [7, 11) is -1.78. The summed E-state index contributed by atoms with van der Waals surface area (Å²) in [5.41, 5.74) is 0.633. The molecule has 0 aliphatic heterocycles. The minimum atomic E-state index is -1.78. The van der Waals surface area contributed by atoms with Crippen molar-refractivity contribution in [2.75, 3.05) is 0 Å². The van der Waals surface area contributed by atoms with Gasteiger partial charge in [0.05, 0.1) is 0 Å². The Morgan fingerprint density at radius 2 is 1.47 bits per heavy atom. The van der Waals surface area contributed by atoms with Crippen LogP contribution in [0.5, 0.6) is 0 Å². The van der Waals surface area contributed by atoms with E-state index in [9.17, 15) is 0 Å². The summed E-state index contributed by atoms with van der Waals surface area (Å²) >= 11 is 0. The first-order valence-electron chi connectivity index (χ1n) is 6.82. The van der Waals surface area contributed by atoms with Crippen molar-refractivity contribution in [3.63, 3.8) is 0 Å². The second-order valence-corrected chi connectivity index (χ2v) is 11.7. The Balaban J connectivity index is 2.86. The molecule has 0 fully saturated rings. The molecule has 0 aromatic heterocycles. The van der Waals surface area contributed by atoms with Crippen LogP contribution in [0.15, 0.2) is 30.3 Å². The van der Waals surface area contributed by atoms with Gasteiger partial charge in [0, 0.05) is 5.56 Å². The highest BCUT2D eigenvalue weighted by atomic mass is 28.4. The average molecular weight is 274 g/mol. The predicted molar refractivity (Wildman–Crippen MR) is 85.7 cm³/mol. The third-order valence-corrected chi connectivity index (χ3v) is 8.23. The second kappa shape index (κ2) is 5.52. The summed E-state index contributed by atoms with van der Waals surface area (Å²) in [6.45, 7) is 15.4. The molecule has 0 unspecified atom stereocenters. The number of hydrogen-bond donors (Lipinski definition) is 0. The lowest BCUT2D eigenvalue weighted by Gasteiger charge is -2.40. The molecule has 0 N–H and O–H groups in total. The number of benzene rings is 1. The molecule has 0 saturated heterocycles. The van der Waals surface area contributed by atoms with Crippen molar-refractivity contribution >= 4 is 8.32 Å². The minimum Gasteiger partial charge on any atom is -0.401 e. The molecule has 1 aromatic rings. The van der Waals surface area contributed by atoms with E-state index in [0.717, 1.165) is 5.56 Å². The monoisotopic (exact) mass is 274 g/mol. The fourth-order valence-electron chi connectivity index (χ4n) is 1.56. The lowest BCUT2D eigenvalue weighted by atomic mass is 10.1. The second-order valence-electron chi connectivity index (χ2n) is 6.99. The topological polar surface area (TPSA) is 9.23 Å². The molecule has 0 spiro atoms. The van der Waals surface area contributed by atoms with Gasteiger partial charge in [-0.15, -0.1) is 0 Å². The van der Waals surface area contributed by atoms with Crippen LogP contribution >= 0.6 is 0 Å². The van der Waals surface area contributed by atoms with Crippen LogP contribution in [0.1, 0.15) is 40.2 Å². The highest BCUT2D eigenvalue weighted by molar-refractivity contribution is 6.74. The number of rotatable bonds is 2. The van der Waals surface area contributed by atoms with E-state index in [2.05, 4.69) is 59.6 Å². The Morgan fingerprint density at radius 1 is 0.947 bits per heavy atom. The van der Waals surface area contributed by atoms with E-state index >= 15 is 0 Å². The zero-order valence-corrected chi connectivity index (χ0v) is 14.3. The first-order chi connectivity index (χ1) is 8.54. The van der Waals surface area contributed by atoms with Crippen molar-refractivity contribution in [1.29, 1.82) is 0 Å².